The number of methoxy groups -OCH3 is 1. The lowest BCUT2D eigenvalue weighted by Crippen LogP contribution is -2.33. The summed E-state index contributed by atoms with van der Waals surface area (Å²) >= 11 is 0. The van der Waals surface area contributed by atoms with Gasteiger partial charge in [-0.1, -0.05) is 12.1 Å². The summed E-state index contributed by atoms with van der Waals surface area (Å²) < 4.78 is 32.7. The van der Waals surface area contributed by atoms with E-state index in [1.54, 1.807) is 38.1 Å². The maximum Gasteiger partial charge on any atom is 0.251 e. The first kappa shape index (κ1) is 24.8. The fraction of sp³-hybridized carbons (Fsp3) is 0.286. The number of hydrogen-bond donors (Lipinski definition) is 4. The second-order valence-electron chi connectivity index (χ2n) is 7.17. The van der Waals surface area contributed by atoms with Gasteiger partial charge in [0.15, 0.2) is 0 Å². The van der Waals surface area contributed by atoms with Crippen LogP contribution in [-0.2, 0) is 21.4 Å². The van der Waals surface area contributed by atoms with E-state index in [0.717, 1.165) is 0 Å². The highest BCUT2D eigenvalue weighted by Crippen LogP contribution is 2.25. The minimum Gasteiger partial charge on any atom is -0.495 e. The van der Waals surface area contributed by atoms with Crippen LogP contribution in [0, 0.1) is 0 Å². The molecule has 2 aromatic carbocycles. The zero-order chi connectivity index (χ0) is 23.9. The van der Waals surface area contributed by atoms with E-state index in [2.05, 4.69) is 15.4 Å². The van der Waals surface area contributed by atoms with Gasteiger partial charge in [0, 0.05) is 23.7 Å². The summed E-state index contributed by atoms with van der Waals surface area (Å²) in [4.78, 5) is 35.1. The molecule has 0 saturated carbocycles. The van der Waals surface area contributed by atoms with Crippen molar-refractivity contribution < 1.29 is 27.5 Å². The monoisotopic (exact) mass is 462 g/mol. The van der Waals surface area contributed by atoms with Crippen molar-refractivity contribution in [1.82, 2.24) is 15.4 Å². The van der Waals surface area contributed by atoms with Crippen LogP contribution in [0.1, 0.15) is 40.1 Å². The van der Waals surface area contributed by atoms with Gasteiger partial charge in [-0.25, -0.2) is 13.1 Å². The van der Waals surface area contributed by atoms with Crippen LogP contribution < -0.4 is 25.8 Å². The van der Waals surface area contributed by atoms with E-state index in [4.69, 9.17) is 10.5 Å². The highest BCUT2D eigenvalue weighted by atomic mass is 32.2. The van der Waals surface area contributed by atoms with Crippen molar-refractivity contribution >= 4 is 27.7 Å². The molecule has 0 aliphatic rings. The zero-order valence-corrected chi connectivity index (χ0v) is 18.8. The molecule has 3 amide bonds. The van der Waals surface area contributed by atoms with E-state index >= 15 is 0 Å². The molecule has 2 rings (SSSR count). The number of nitrogens with two attached hydrogens (primary N) is 1. The van der Waals surface area contributed by atoms with Gasteiger partial charge in [-0.3, -0.25) is 14.4 Å². The Balaban J connectivity index is 2.09. The van der Waals surface area contributed by atoms with Gasteiger partial charge >= 0.3 is 0 Å². The molecular weight excluding hydrogens is 436 g/mol. The van der Waals surface area contributed by atoms with Gasteiger partial charge in [-0.15, -0.1) is 0 Å². The predicted molar refractivity (Wildman–Crippen MR) is 118 cm³/mol. The Bertz CT molecular complexity index is 1100. The molecule has 172 valence electrons. The van der Waals surface area contributed by atoms with Crippen molar-refractivity contribution in [3.63, 3.8) is 0 Å². The van der Waals surface area contributed by atoms with Gasteiger partial charge in [0.2, 0.25) is 15.9 Å². The molecule has 0 aromatic heterocycles. The van der Waals surface area contributed by atoms with E-state index in [1.165, 1.54) is 25.3 Å². The van der Waals surface area contributed by atoms with Crippen molar-refractivity contribution in [2.75, 3.05) is 13.7 Å². The first-order valence-electron chi connectivity index (χ1n) is 9.67. The molecule has 0 atom stereocenters. The summed E-state index contributed by atoms with van der Waals surface area (Å²) in [6, 6.07) is 10.2. The van der Waals surface area contributed by atoms with E-state index < -0.39 is 27.7 Å². The fourth-order valence-electron chi connectivity index (χ4n) is 2.73. The molecule has 0 spiro atoms. The quantitative estimate of drug-likeness (QED) is 0.403. The number of carbonyl (C=O) groups is 3. The van der Waals surface area contributed by atoms with E-state index in [9.17, 15) is 22.8 Å². The normalized spacial score (nSPS) is 11.1. The van der Waals surface area contributed by atoms with E-state index in [0.29, 0.717) is 11.1 Å². The summed E-state index contributed by atoms with van der Waals surface area (Å²) in [5.74, 6) is -1.44. The topological polar surface area (TPSA) is 157 Å². The minimum absolute atomic E-state index is 0.125. The van der Waals surface area contributed by atoms with Gasteiger partial charge in [0.25, 0.3) is 11.8 Å². The molecule has 0 heterocycles. The summed E-state index contributed by atoms with van der Waals surface area (Å²) in [6.45, 7) is 3.27. The lowest BCUT2D eigenvalue weighted by atomic mass is 10.1. The van der Waals surface area contributed by atoms with Crippen molar-refractivity contribution in [3.05, 3.63) is 59.2 Å². The van der Waals surface area contributed by atoms with Crippen LogP contribution in [0.3, 0.4) is 0 Å². The van der Waals surface area contributed by atoms with Crippen LogP contribution in [0.15, 0.2) is 47.4 Å². The molecule has 0 unspecified atom stereocenters. The number of rotatable bonds is 10. The van der Waals surface area contributed by atoms with Crippen molar-refractivity contribution in [1.29, 1.82) is 0 Å². The second kappa shape index (κ2) is 10.7. The summed E-state index contributed by atoms with van der Waals surface area (Å²) in [7, 11) is -2.52. The van der Waals surface area contributed by atoms with Crippen molar-refractivity contribution in [2.24, 2.45) is 5.73 Å². The molecule has 0 bridgehead atoms. The third kappa shape index (κ3) is 6.79. The number of ether oxygens (including phenoxy) is 1. The van der Waals surface area contributed by atoms with Crippen LogP contribution >= 0.6 is 0 Å². The highest BCUT2D eigenvalue weighted by Gasteiger charge is 2.22. The molecule has 10 nitrogen and oxygen atoms in total. The van der Waals surface area contributed by atoms with Crippen molar-refractivity contribution in [3.8, 4) is 5.75 Å². The number of carbonyl (C=O) groups excluding carboxylic acids is 3. The van der Waals surface area contributed by atoms with Gasteiger partial charge in [-0.2, -0.15) is 0 Å². The zero-order valence-electron chi connectivity index (χ0n) is 18.0. The Labute approximate surface area is 186 Å². The molecule has 0 saturated heterocycles. The maximum absolute atomic E-state index is 12.6. The average Bonchev–Trinajstić information content (AvgIpc) is 2.74. The van der Waals surface area contributed by atoms with Crippen LogP contribution in [0.5, 0.6) is 5.75 Å². The molecule has 0 aliphatic carbocycles. The molecular formula is C21H26N4O6S. The Morgan fingerprint density at radius 2 is 1.56 bits per heavy atom. The number of benzene rings is 2. The summed E-state index contributed by atoms with van der Waals surface area (Å²) in [5.41, 5.74) is 6.19. The summed E-state index contributed by atoms with van der Waals surface area (Å²) in [5, 5.41) is 5.08. The molecule has 11 heteroatoms. The van der Waals surface area contributed by atoms with Crippen LogP contribution in [0.25, 0.3) is 0 Å². The SMILES string of the molecule is COc1ccc(C(=O)NCc2ccc(C(=O)NCC(N)=O)cc2)cc1S(=O)(=O)NC(C)C. The third-order valence-corrected chi connectivity index (χ3v) is 5.88. The highest BCUT2D eigenvalue weighted by molar-refractivity contribution is 7.89. The average molecular weight is 463 g/mol. The molecule has 0 fully saturated rings. The minimum atomic E-state index is -3.87. The molecule has 0 aliphatic heterocycles. The molecule has 5 N–H and O–H groups in total. The van der Waals surface area contributed by atoms with E-state index in [1.807, 2.05) is 0 Å². The lowest BCUT2D eigenvalue weighted by Gasteiger charge is -2.14. The maximum atomic E-state index is 12.6. The molecule has 32 heavy (non-hydrogen) atoms. The smallest absolute Gasteiger partial charge is 0.251 e. The summed E-state index contributed by atoms with van der Waals surface area (Å²) in [6.07, 6.45) is 0. The Kier molecular flexibility index (Phi) is 8.33. The van der Waals surface area contributed by atoms with Gasteiger partial charge in [-0.05, 0) is 49.7 Å². The standard InChI is InChI=1S/C21H26N4O6S/c1-13(2)25-32(29,30)18-10-16(8-9-17(18)31-3)21(28)23-11-14-4-6-15(7-5-14)20(27)24-12-19(22)26/h4-10,13,25H,11-12H2,1-3H3,(H2,22,26)(H,23,28)(H,24,27). The van der Waals surface area contributed by atoms with Gasteiger partial charge < -0.3 is 21.1 Å². The van der Waals surface area contributed by atoms with Crippen LogP contribution in [0.4, 0.5) is 0 Å². The van der Waals surface area contributed by atoms with Crippen molar-refractivity contribution in [2.45, 2.75) is 31.3 Å². The fourth-order valence-corrected chi connectivity index (χ4v) is 4.18. The predicted octanol–water partition coefficient (Wildman–Crippen LogP) is 0.527. The van der Waals surface area contributed by atoms with Gasteiger partial charge in [0.1, 0.15) is 10.6 Å². The number of primary amides is 1. The number of sulfonamides is 1. The number of amides is 3. The Morgan fingerprint density at radius 3 is 2.12 bits per heavy atom. The lowest BCUT2D eigenvalue weighted by molar-refractivity contribution is -0.117. The van der Waals surface area contributed by atoms with Crippen LogP contribution in [0.2, 0.25) is 0 Å². The third-order valence-electron chi connectivity index (χ3n) is 4.20. The first-order chi connectivity index (χ1) is 15.0. The number of nitrogens with one attached hydrogen (secondary N) is 3. The Morgan fingerprint density at radius 1 is 0.969 bits per heavy atom. The molecule has 2 aromatic rings. The van der Waals surface area contributed by atoms with E-state index in [-0.39, 0.29) is 35.3 Å². The first-order valence-corrected chi connectivity index (χ1v) is 11.2. The van der Waals surface area contributed by atoms with Gasteiger partial charge in [0.05, 0.1) is 13.7 Å². The Hall–Kier alpha value is -3.44. The largest absolute Gasteiger partial charge is 0.495 e. The second-order valence-corrected chi connectivity index (χ2v) is 8.85. The molecule has 0 radical (unpaired) electrons. The van der Waals surface area contributed by atoms with Crippen LogP contribution in [-0.4, -0.2) is 45.8 Å². The number of hydrogen-bond acceptors (Lipinski definition) is 6.